The number of thiocarbonyl (C=S) groups is 1. The molecule has 0 fully saturated rings. The summed E-state index contributed by atoms with van der Waals surface area (Å²) in [4.78, 5) is 24.4. The van der Waals surface area contributed by atoms with Gasteiger partial charge in [-0.15, -0.1) is 11.3 Å². The van der Waals surface area contributed by atoms with Crippen LogP contribution in [-0.2, 0) is 16.5 Å². The number of thiophene rings is 1. The maximum Gasteiger partial charge on any atom is 0.348 e. The molecule has 2 aromatic heterocycles. The van der Waals surface area contributed by atoms with Gasteiger partial charge in [-0.25, -0.2) is 9.59 Å². The fourth-order valence-corrected chi connectivity index (χ4v) is 3.83. The van der Waals surface area contributed by atoms with E-state index in [2.05, 4.69) is 15.7 Å². The summed E-state index contributed by atoms with van der Waals surface area (Å²) in [7, 11) is 4.40. The van der Waals surface area contributed by atoms with Crippen LogP contribution in [0.4, 0.5) is 10.7 Å². The van der Waals surface area contributed by atoms with E-state index in [1.165, 1.54) is 14.2 Å². The molecule has 26 heavy (non-hydrogen) atoms. The molecular formula is C16H20N4O4S2. The van der Waals surface area contributed by atoms with E-state index in [-0.39, 0.29) is 10.7 Å². The highest BCUT2D eigenvalue weighted by atomic mass is 32.1. The van der Waals surface area contributed by atoms with Gasteiger partial charge in [-0.3, -0.25) is 4.68 Å². The number of rotatable bonds is 4. The number of esters is 2. The number of hydrogen-bond donors (Lipinski definition) is 2. The van der Waals surface area contributed by atoms with Crippen LogP contribution >= 0.6 is 23.6 Å². The minimum Gasteiger partial charge on any atom is -0.465 e. The SMILES string of the molecule is COC(=O)c1sc(NC(=S)Nc2c(C)nn(C)c2C)c(C(=O)OC)c1C. The Balaban J connectivity index is 2.34. The molecule has 0 aliphatic carbocycles. The fourth-order valence-electron chi connectivity index (χ4n) is 2.44. The highest BCUT2D eigenvalue weighted by Crippen LogP contribution is 2.34. The Hall–Kier alpha value is -2.46. The monoisotopic (exact) mass is 396 g/mol. The standard InChI is InChI=1S/C16H20N4O4S2/c1-7-10(14(21)23-5)13(26-12(7)15(22)24-6)18-16(25)17-11-8(2)19-20(4)9(11)3/h1-6H3,(H2,17,18,25). The van der Waals surface area contributed by atoms with Gasteiger partial charge in [-0.1, -0.05) is 0 Å². The number of methoxy groups -OCH3 is 2. The van der Waals surface area contributed by atoms with Crippen molar-refractivity contribution >= 4 is 51.3 Å². The normalized spacial score (nSPS) is 10.4. The Morgan fingerprint density at radius 1 is 1.12 bits per heavy atom. The van der Waals surface area contributed by atoms with Crippen molar-refractivity contribution in [1.82, 2.24) is 9.78 Å². The maximum absolute atomic E-state index is 12.1. The molecule has 10 heteroatoms. The van der Waals surface area contributed by atoms with E-state index in [0.29, 0.717) is 15.4 Å². The largest absolute Gasteiger partial charge is 0.465 e. The Kier molecular flexibility index (Phi) is 5.98. The molecule has 0 aromatic carbocycles. The van der Waals surface area contributed by atoms with Crippen molar-refractivity contribution in [2.45, 2.75) is 20.8 Å². The number of aromatic nitrogens is 2. The molecule has 0 saturated heterocycles. The van der Waals surface area contributed by atoms with Crippen LogP contribution in [0.2, 0.25) is 0 Å². The van der Waals surface area contributed by atoms with Crippen molar-refractivity contribution in [1.29, 1.82) is 0 Å². The molecule has 2 N–H and O–H groups in total. The van der Waals surface area contributed by atoms with Crippen LogP contribution in [0.15, 0.2) is 0 Å². The molecule has 0 bridgehead atoms. The van der Waals surface area contributed by atoms with Crippen LogP contribution in [0.25, 0.3) is 0 Å². The molecule has 0 saturated carbocycles. The summed E-state index contributed by atoms with van der Waals surface area (Å²) < 4.78 is 11.3. The summed E-state index contributed by atoms with van der Waals surface area (Å²) in [5, 5.41) is 11.0. The molecule has 8 nitrogen and oxygen atoms in total. The molecule has 140 valence electrons. The summed E-state index contributed by atoms with van der Waals surface area (Å²) in [5.74, 6) is -1.09. The number of anilines is 2. The highest BCUT2D eigenvalue weighted by Gasteiger charge is 2.26. The zero-order valence-electron chi connectivity index (χ0n) is 15.3. The first-order valence-electron chi connectivity index (χ1n) is 7.59. The topological polar surface area (TPSA) is 94.5 Å². The number of carbonyl (C=O) groups excluding carboxylic acids is 2. The molecule has 2 heterocycles. The van der Waals surface area contributed by atoms with Crippen LogP contribution < -0.4 is 10.6 Å². The van der Waals surface area contributed by atoms with Crippen LogP contribution in [0.5, 0.6) is 0 Å². The summed E-state index contributed by atoms with van der Waals surface area (Å²) in [5.41, 5.74) is 3.22. The van der Waals surface area contributed by atoms with Crippen LogP contribution in [-0.4, -0.2) is 41.1 Å². The van der Waals surface area contributed by atoms with Crippen molar-refractivity contribution in [2.24, 2.45) is 7.05 Å². The van der Waals surface area contributed by atoms with Crippen LogP contribution in [0.3, 0.4) is 0 Å². The second-order valence-electron chi connectivity index (χ2n) is 5.49. The van der Waals surface area contributed by atoms with Crippen molar-refractivity contribution < 1.29 is 19.1 Å². The lowest BCUT2D eigenvalue weighted by atomic mass is 10.1. The van der Waals surface area contributed by atoms with Crippen LogP contribution in [0, 0.1) is 20.8 Å². The smallest absolute Gasteiger partial charge is 0.348 e. The first-order chi connectivity index (χ1) is 12.2. The van der Waals surface area contributed by atoms with E-state index in [4.69, 9.17) is 21.7 Å². The number of carbonyl (C=O) groups is 2. The molecule has 0 aliphatic rings. The van der Waals surface area contributed by atoms with E-state index in [1.54, 1.807) is 11.6 Å². The summed E-state index contributed by atoms with van der Waals surface area (Å²) >= 11 is 6.43. The van der Waals surface area contributed by atoms with Crippen molar-refractivity contribution in [2.75, 3.05) is 24.9 Å². The molecule has 0 aliphatic heterocycles. The van der Waals surface area contributed by atoms with Gasteiger partial charge in [0.1, 0.15) is 9.88 Å². The van der Waals surface area contributed by atoms with E-state index in [0.717, 1.165) is 28.4 Å². The predicted molar refractivity (Wildman–Crippen MR) is 104 cm³/mol. The first-order valence-corrected chi connectivity index (χ1v) is 8.81. The molecule has 2 rings (SSSR count). The Morgan fingerprint density at radius 3 is 2.23 bits per heavy atom. The second kappa shape index (κ2) is 7.83. The Morgan fingerprint density at radius 2 is 1.73 bits per heavy atom. The average molecular weight is 396 g/mol. The van der Waals surface area contributed by atoms with E-state index in [9.17, 15) is 9.59 Å². The van der Waals surface area contributed by atoms with Crippen molar-refractivity contribution in [3.63, 3.8) is 0 Å². The van der Waals surface area contributed by atoms with Crippen molar-refractivity contribution in [3.8, 4) is 0 Å². The Labute approximate surface area is 160 Å². The van der Waals surface area contributed by atoms with E-state index >= 15 is 0 Å². The number of nitrogens with zero attached hydrogens (tertiary/aromatic N) is 2. The third-order valence-corrected chi connectivity index (χ3v) is 5.27. The van der Waals surface area contributed by atoms with E-state index in [1.807, 2.05) is 20.9 Å². The third kappa shape index (κ3) is 3.70. The van der Waals surface area contributed by atoms with Gasteiger partial charge in [0.2, 0.25) is 0 Å². The Bertz CT molecular complexity index is 885. The van der Waals surface area contributed by atoms with Gasteiger partial charge in [-0.2, -0.15) is 5.10 Å². The second-order valence-corrected chi connectivity index (χ2v) is 6.92. The molecule has 0 radical (unpaired) electrons. The summed E-state index contributed by atoms with van der Waals surface area (Å²) in [6, 6.07) is 0. The number of aryl methyl sites for hydroxylation is 2. The van der Waals surface area contributed by atoms with Gasteiger partial charge >= 0.3 is 11.9 Å². The number of ether oxygens (including phenoxy) is 2. The van der Waals surface area contributed by atoms with Gasteiger partial charge in [0, 0.05) is 7.05 Å². The highest BCUT2D eigenvalue weighted by molar-refractivity contribution is 7.80. The van der Waals surface area contributed by atoms with Crippen molar-refractivity contribution in [3.05, 3.63) is 27.4 Å². The molecule has 2 aromatic rings. The van der Waals surface area contributed by atoms with Crippen LogP contribution in [0.1, 0.15) is 37.0 Å². The lowest BCUT2D eigenvalue weighted by Gasteiger charge is -2.11. The first kappa shape index (κ1) is 19.9. The van der Waals surface area contributed by atoms with Gasteiger partial charge in [0.05, 0.1) is 36.9 Å². The molecule has 0 spiro atoms. The molecule has 0 unspecified atom stereocenters. The molecular weight excluding hydrogens is 376 g/mol. The third-order valence-electron chi connectivity index (χ3n) is 3.88. The minimum absolute atomic E-state index is 0.252. The number of hydrogen-bond acceptors (Lipinski definition) is 7. The maximum atomic E-state index is 12.1. The lowest BCUT2D eigenvalue weighted by Crippen LogP contribution is -2.20. The zero-order valence-corrected chi connectivity index (χ0v) is 17.0. The zero-order chi connectivity index (χ0) is 19.6. The summed E-state index contributed by atoms with van der Waals surface area (Å²) in [6.07, 6.45) is 0. The predicted octanol–water partition coefficient (Wildman–Crippen LogP) is 2.79. The van der Waals surface area contributed by atoms with Gasteiger partial charge in [0.15, 0.2) is 5.11 Å². The summed E-state index contributed by atoms with van der Waals surface area (Å²) in [6.45, 7) is 5.43. The molecule has 0 atom stereocenters. The minimum atomic E-state index is -0.562. The van der Waals surface area contributed by atoms with E-state index < -0.39 is 11.9 Å². The number of nitrogens with one attached hydrogen (secondary N) is 2. The fraction of sp³-hybridized carbons (Fsp3) is 0.375. The lowest BCUT2D eigenvalue weighted by molar-refractivity contribution is 0.0601. The molecule has 0 amide bonds. The quantitative estimate of drug-likeness (QED) is 0.602. The average Bonchev–Trinajstić information content (AvgIpc) is 3.04. The van der Waals surface area contributed by atoms with Gasteiger partial charge in [0.25, 0.3) is 0 Å². The van der Waals surface area contributed by atoms with Gasteiger partial charge in [-0.05, 0) is 38.6 Å². The van der Waals surface area contributed by atoms with Gasteiger partial charge < -0.3 is 20.1 Å².